The van der Waals surface area contributed by atoms with Gasteiger partial charge >= 0.3 is 0 Å². The lowest BCUT2D eigenvalue weighted by molar-refractivity contribution is -0.134. The molecule has 100 valence electrons. The fourth-order valence-corrected chi connectivity index (χ4v) is 2.17. The Bertz CT molecular complexity index is 222. The number of nitrogens with two attached hydrogens (primary N) is 1. The molecule has 5 heteroatoms. The largest absolute Gasteiger partial charge is 0.384 e. The van der Waals surface area contributed by atoms with Crippen molar-refractivity contribution < 1.29 is 14.3 Å². The van der Waals surface area contributed by atoms with Crippen molar-refractivity contribution in [2.75, 3.05) is 46.6 Å². The first-order valence-electron chi connectivity index (χ1n) is 6.32. The first kappa shape index (κ1) is 14.4. The van der Waals surface area contributed by atoms with Gasteiger partial charge in [0.25, 0.3) is 0 Å². The van der Waals surface area contributed by atoms with Gasteiger partial charge in [-0.15, -0.1) is 0 Å². The van der Waals surface area contributed by atoms with Crippen LogP contribution >= 0.6 is 0 Å². The average molecular weight is 244 g/mol. The summed E-state index contributed by atoms with van der Waals surface area (Å²) in [5.74, 6) is 0.672. The van der Waals surface area contributed by atoms with E-state index < -0.39 is 0 Å². The van der Waals surface area contributed by atoms with Gasteiger partial charge in [0.05, 0.1) is 26.2 Å². The molecule has 0 spiro atoms. The monoisotopic (exact) mass is 244 g/mol. The highest BCUT2D eigenvalue weighted by molar-refractivity contribution is 5.76. The summed E-state index contributed by atoms with van der Waals surface area (Å²) in [5.41, 5.74) is 5.31. The zero-order valence-corrected chi connectivity index (χ0v) is 10.7. The van der Waals surface area contributed by atoms with E-state index in [0.717, 1.165) is 32.5 Å². The topological polar surface area (TPSA) is 64.8 Å². The van der Waals surface area contributed by atoms with E-state index in [2.05, 4.69) is 0 Å². The number of hydrogen-bond acceptors (Lipinski definition) is 4. The van der Waals surface area contributed by atoms with Gasteiger partial charge in [-0.3, -0.25) is 4.79 Å². The van der Waals surface area contributed by atoms with Gasteiger partial charge in [0.15, 0.2) is 0 Å². The van der Waals surface area contributed by atoms with E-state index in [1.807, 2.05) is 4.90 Å². The molecule has 0 saturated carbocycles. The first-order chi connectivity index (χ1) is 8.27. The Labute approximate surface area is 103 Å². The Hall–Kier alpha value is -0.650. The maximum absolute atomic E-state index is 11.9. The molecule has 1 amide bonds. The number of carbonyl (C=O) groups excluding carboxylic acids is 1. The quantitative estimate of drug-likeness (QED) is 0.651. The van der Waals surface area contributed by atoms with E-state index in [0.29, 0.717) is 32.1 Å². The Kier molecular flexibility index (Phi) is 7.16. The number of likely N-dealkylation sites (tertiary alicyclic amines) is 1. The minimum absolute atomic E-state index is 0.183. The van der Waals surface area contributed by atoms with Crippen molar-refractivity contribution >= 4 is 5.91 Å². The van der Waals surface area contributed by atoms with Crippen molar-refractivity contribution in [2.24, 2.45) is 11.7 Å². The maximum atomic E-state index is 11.9. The summed E-state index contributed by atoms with van der Waals surface area (Å²) >= 11 is 0. The molecule has 0 bridgehead atoms. The molecule has 1 unspecified atom stereocenters. The summed E-state index contributed by atoms with van der Waals surface area (Å²) in [7, 11) is 1.71. The molecule has 0 aromatic rings. The van der Waals surface area contributed by atoms with Crippen LogP contribution in [0.4, 0.5) is 0 Å². The van der Waals surface area contributed by atoms with Gasteiger partial charge < -0.3 is 20.1 Å². The third kappa shape index (κ3) is 5.48. The van der Waals surface area contributed by atoms with Gasteiger partial charge in [-0.05, 0) is 18.8 Å². The zero-order valence-electron chi connectivity index (χ0n) is 10.7. The molecule has 0 aliphatic carbocycles. The van der Waals surface area contributed by atoms with Gasteiger partial charge in [-0.1, -0.05) is 0 Å². The van der Waals surface area contributed by atoms with Crippen LogP contribution in [0.3, 0.4) is 0 Å². The summed E-state index contributed by atoms with van der Waals surface area (Å²) in [6.45, 7) is 3.95. The number of ether oxygens (including phenoxy) is 2. The smallest absolute Gasteiger partial charge is 0.224 e. The van der Waals surface area contributed by atoms with E-state index in [9.17, 15) is 4.79 Å². The van der Waals surface area contributed by atoms with Crippen molar-refractivity contribution in [3.8, 4) is 0 Å². The minimum Gasteiger partial charge on any atom is -0.384 e. The van der Waals surface area contributed by atoms with Crippen LogP contribution in [-0.4, -0.2) is 57.4 Å². The second-order valence-corrected chi connectivity index (χ2v) is 4.45. The number of nitrogens with zero attached hydrogens (tertiary/aromatic N) is 1. The molecule has 0 aromatic carbocycles. The van der Waals surface area contributed by atoms with Crippen LogP contribution in [0.1, 0.15) is 19.3 Å². The molecule has 1 heterocycles. The van der Waals surface area contributed by atoms with E-state index in [-0.39, 0.29) is 5.91 Å². The molecule has 2 N–H and O–H groups in total. The van der Waals surface area contributed by atoms with Crippen molar-refractivity contribution in [1.29, 1.82) is 0 Å². The van der Waals surface area contributed by atoms with Crippen molar-refractivity contribution in [2.45, 2.75) is 19.3 Å². The van der Waals surface area contributed by atoms with Crippen LogP contribution in [-0.2, 0) is 14.3 Å². The number of hydrogen-bond donors (Lipinski definition) is 1. The number of methoxy groups -OCH3 is 1. The third-order valence-corrected chi connectivity index (χ3v) is 3.00. The van der Waals surface area contributed by atoms with Gasteiger partial charge in [0.1, 0.15) is 0 Å². The van der Waals surface area contributed by atoms with Gasteiger partial charge in [0, 0.05) is 26.7 Å². The second-order valence-electron chi connectivity index (χ2n) is 4.45. The molecule has 1 atom stereocenters. The number of rotatable bonds is 7. The molecule has 1 aliphatic rings. The molecule has 1 saturated heterocycles. The van der Waals surface area contributed by atoms with Crippen LogP contribution in [0.15, 0.2) is 0 Å². The fraction of sp³-hybridized carbons (Fsp3) is 0.917. The summed E-state index contributed by atoms with van der Waals surface area (Å²) in [5, 5.41) is 0. The number of piperidine rings is 1. The number of carbonyl (C=O) groups is 1. The van der Waals surface area contributed by atoms with E-state index >= 15 is 0 Å². The summed E-state index contributed by atoms with van der Waals surface area (Å²) in [4.78, 5) is 13.8. The standard InChI is InChI=1S/C12H24N2O3/c1-16-10-11-3-2-6-14(9-11)12(15)4-7-17-8-5-13/h11H,2-10,13H2,1H3. The van der Waals surface area contributed by atoms with Crippen LogP contribution in [0.5, 0.6) is 0 Å². The molecule has 1 rings (SSSR count). The average Bonchev–Trinajstić information content (AvgIpc) is 2.35. The summed E-state index contributed by atoms with van der Waals surface area (Å²) in [6.07, 6.45) is 2.68. The highest BCUT2D eigenvalue weighted by atomic mass is 16.5. The molecule has 1 fully saturated rings. The summed E-state index contributed by atoms with van der Waals surface area (Å²) < 4.78 is 10.4. The highest BCUT2D eigenvalue weighted by Crippen LogP contribution is 2.17. The zero-order chi connectivity index (χ0) is 12.5. The van der Waals surface area contributed by atoms with Crippen LogP contribution in [0.2, 0.25) is 0 Å². The normalized spacial score (nSPS) is 20.6. The van der Waals surface area contributed by atoms with Gasteiger partial charge in [-0.25, -0.2) is 0 Å². The van der Waals surface area contributed by atoms with E-state index in [4.69, 9.17) is 15.2 Å². The lowest BCUT2D eigenvalue weighted by atomic mass is 9.99. The SMILES string of the molecule is COCC1CCCN(C(=O)CCOCCN)C1. The second kappa shape index (κ2) is 8.44. The molecular weight excluding hydrogens is 220 g/mol. The van der Waals surface area contributed by atoms with Crippen LogP contribution in [0, 0.1) is 5.92 Å². The van der Waals surface area contributed by atoms with Crippen LogP contribution < -0.4 is 5.73 Å². The van der Waals surface area contributed by atoms with Crippen molar-refractivity contribution in [3.63, 3.8) is 0 Å². The number of amides is 1. The molecule has 1 aliphatic heterocycles. The van der Waals surface area contributed by atoms with Crippen molar-refractivity contribution in [1.82, 2.24) is 4.90 Å². The van der Waals surface area contributed by atoms with Gasteiger partial charge in [-0.2, -0.15) is 0 Å². The molecular formula is C12H24N2O3. The lowest BCUT2D eigenvalue weighted by Gasteiger charge is -2.32. The first-order valence-corrected chi connectivity index (χ1v) is 6.32. The molecule has 0 aromatic heterocycles. The predicted molar refractivity (Wildman–Crippen MR) is 65.7 cm³/mol. The summed E-state index contributed by atoms with van der Waals surface area (Å²) in [6, 6.07) is 0. The van der Waals surface area contributed by atoms with E-state index in [1.54, 1.807) is 7.11 Å². The maximum Gasteiger partial charge on any atom is 0.224 e. The molecule has 0 radical (unpaired) electrons. The minimum atomic E-state index is 0.183. The predicted octanol–water partition coefficient (Wildman–Crippen LogP) is 0.237. The van der Waals surface area contributed by atoms with E-state index in [1.165, 1.54) is 0 Å². The molecule has 5 nitrogen and oxygen atoms in total. The molecule has 17 heavy (non-hydrogen) atoms. The Morgan fingerprint density at radius 3 is 3.00 bits per heavy atom. The lowest BCUT2D eigenvalue weighted by Crippen LogP contribution is -2.41. The fourth-order valence-electron chi connectivity index (χ4n) is 2.17. The van der Waals surface area contributed by atoms with Crippen LogP contribution in [0.25, 0.3) is 0 Å². The Morgan fingerprint density at radius 1 is 1.47 bits per heavy atom. The Balaban J connectivity index is 2.21. The highest BCUT2D eigenvalue weighted by Gasteiger charge is 2.23. The Morgan fingerprint density at radius 2 is 2.29 bits per heavy atom. The van der Waals surface area contributed by atoms with Crippen molar-refractivity contribution in [3.05, 3.63) is 0 Å². The van der Waals surface area contributed by atoms with Gasteiger partial charge in [0.2, 0.25) is 5.91 Å². The third-order valence-electron chi connectivity index (χ3n) is 3.00.